The van der Waals surface area contributed by atoms with Crippen LogP contribution in [0.4, 0.5) is 0 Å². The topological polar surface area (TPSA) is 63.6 Å². The average Bonchev–Trinajstić information content (AvgIpc) is 3.60. The summed E-state index contributed by atoms with van der Waals surface area (Å²) in [4.78, 5) is 26.8. The molecule has 0 saturated heterocycles. The van der Waals surface area contributed by atoms with Gasteiger partial charge in [0.1, 0.15) is 5.92 Å². The molecule has 1 fully saturated rings. The third-order valence-corrected chi connectivity index (χ3v) is 7.54. The zero-order valence-electron chi connectivity index (χ0n) is 19.7. The molecule has 4 nitrogen and oxygen atoms in total. The summed E-state index contributed by atoms with van der Waals surface area (Å²) in [6, 6.07) is 12.0. The van der Waals surface area contributed by atoms with E-state index in [1.807, 2.05) is 52.0 Å². The molecule has 1 aliphatic rings. The van der Waals surface area contributed by atoms with Crippen molar-refractivity contribution in [1.29, 1.82) is 0 Å². The van der Waals surface area contributed by atoms with Gasteiger partial charge < -0.3 is 9.84 Å². The molecule has 0 aromatic heterocycles. The largest absolute Gasteiger partial charge is 0.465 e. The molecule has 1 unspecified atom stereocenters. The van der Waals surface area contributed by atoms with Gasteiger partial charge in [0.2, 0.25) is 0 Å². The molecule has 1 saturated carbocycles. The molecule has 2 aromatic rings. The van der Waals surface area contributed by atoms with Gasteiger partial charge in [0.15, 0.2) is 5.78 Å². The number of aryl methyl sites for hydroxylation is 2. The van der Waals surface area contributed by atoms with Crippen LogP contribution in [0.1, 0.15) is 78.8 Å². The van der Waals surface area contributed by atoms with Gasteiger partial charge in [-0.25, -0.2) is 0 Å². The molecule has 1 atom stereocenters. The molecular weight excluding hydrogens is 420 g/mol. The van der Waals surface area contributed by atoms with Gasteiger partial charge in [-0.1, -0.05) is 36.4 Å². The smallest absolute Gasteiger partial charge is 0.321 e. The van der Waals surface area contributed by atoms with Crippen molar-refractivity contribution in [2.45, 2.75) is 76.4 Å². The number of carbonyl (C=O) groups is 2. The molecule has 0 radical (unpaired) electrons. The quantitative estimate of drug-likeness (QED) is 0.374. The molecule has 0 heterocycles. The predicted octanol–water partition coefficient (Wildman–Crippen LogP) is 5.60. The summed E-state index contributed by atoms with van der Waals surface area (Å²) >= 11 is 1.52. The van der Waals surface area contributed by atoms with Gasteiger partial charge >= 0.3 is 5.97 Å². The van der Waals surface area contributed by atoms with Crippen molar-refractivity contribution in [2.75, 3.05) is 6.61 Å². The second-order valence-corrected chi connectivity index (χ2v) is 10.8. The molecule has 0 spiro atoms. The van der Waals surface area contributed by atoms with Crippen LogP contribution in [0.5, 0.6) is 0 Å². The van der Waals surface area contributed by atoms with Crippen molar-refractivity contribution in [1.82, 2.24) is 0 Å². The van der Waals surface area contributed by atoms with Crippen LogP contribution in [0.15, 0.2) is 36.4 Å². The van der Waals surface area contributed by atoms with E-state index < -0.39 is 16.6 Å². The van der Waals surface area contributed by atoms with Crippen molar-refractivity contribution in [2.24, 2.45) is 0 Å². The number of ether oxygens (including phenoxy) is 1. The van der Waals surface area contributed by atoms with Crippen LogP contribution in [0, 0.1) is 13.8 Å². The first-order valence-electron chi connectivity index (χ1n) is 11.3. The number of aliphatic hydroxyl groups is 1. The zero-order valence-corrected chi connectivity index (χ0v) is 20.6. The van der Waals surface area contributed by atoms with Gasteiger partial charge in [-0.15, -0.1) is 11.8 Å². The average molecular weight is 455 g/mol. The normalized spacial score (nSPS) is 14.8. The SMILES string of the molecule is CCOC(=O)C(C(=O)C(C)(C)SCc1ccc(CO)cc1)c1c(C)cc(C2CC2)cc1C. The van der Waals surface area contributed by atoms with Gasteiger partial charge in [0.25, 0.3) is 0 Å². The van der Waals surface area contributed by atoms with Crippen molar-refractivity contribution >= 4 is 23.5 Å². The van der Waals surface area contributed by atoms with E-state index in [1.54, 1.807) is 6.92 Å². The van der Waals surface area contributed by atoms with Crippen LogP contribution in [-0.2, 0) is 26.7 Å². The van der Waals surface area contributed by atoms with E-state index in [9.17, 15) is 14.7 Å². The molecule has 32 heavy (non-hydrogen) atoms. The van der Waals surface area contributed by atoms with E-state index in [-0.39, 0.29) is 19.0 Å². The molecule has 0 bridgehead atoms. The Hall–Kier alpha value is -2.11. The van der Waals surface area contributed by atoms with Crippen molar-refractivity contribution < 1.29 is 19.4 Å². The lowest BCUT2D eigenvalue weighted by molar-refractivity contribution is -0.148. The third kappa shape index (κ3) is 5.62. The first-order valence-corrected chi connectivity index (χ1v) is 12.3. The summed E-state index contributed by atoms with van der Waals surface area (Å²) in [6.45, 7) is 9.79. The number of hydrogen-bond acceptors (Lipinski definition) is 5. The lowest BCUT2D eigenvalue weighted by Gasteiger charge is -2.29. The molecule has 5 heteroatoms. The first kappa shape index (κ1) is 24.5. The Labute approximate surface area is 195 Å². The molecule has 0 amide bonds. The first-order chi connectivity index (χ1) is 15.2. The van der Waals surface area contributed by atoms with Crippen LogP contribution in [-0.4, -0.2) is 28.2 Å². The summed E-state index contributed by atoms with van der Waals surface area (Å²) in [5.74, 6) is -0.273. The van der Waals surface area contributed by atoms with Crippen LogP contribution in [0.3, 0.4) is 0 Å². The van der Waals surface area contributed by atoms with E-state index >= 15 is 0 Å². The summed E-state index contributed by atoms with van der Waals surface area (Å²) in [5.41, 5.74) is 5.99. The number of hydrogen-bond donors (Lipinski definition) is 1. The number of rotatable bonds is 10. The van der Waals surface area contributed by atoms with E-state index in [2.05, 4.69) is 12.1 Å². The van der Waals surface area contributed by atoms with Gasteiger partial charge in [0.05, 0.1) is 18.0 Å². The minimum atomic E-state index is -0.928. The molecule has 1 N–H and O–H groups in total. The summed E-state index contributed by atoms with van der Waals surface area (Å²) in [5, 5.41) is 9.23. The molecule has 172 valence electrons. The molecule has 0 aliphatic heterocycles. The summed E-state index contributed by atoms with van der Waals surface area (Å²) in [6.07, 6.45) is 2.42. The van der Waals surface area contributed by atoms with E-state index in [0.717, 1.165) is 27.8 Å². The Kier molecular flexibility index (Phi) is 7.84. The third-order valence-electron chi connectivity index (χ3n) is 6.14. The number of thioether (sulfide) groups is 1. The molecule has 1 aliphatic carbocycles. The minimum Gasteiger partial charge on any atom is -0.465 e. The van der Waals surface area contributed by atoms with Crippen molar-refractivity contribution in [3.05, 3.63) is 69.8 Å². The zero-order chi connectivity index (χ0) is 23.5. The Morgan fingerprint density at radius 2 is 1.66 bits per heavy atom. The van der Waals surface area contributed by atoms with E-state index in [0.29, 0.717) is 11.7 Å². The fraction of sp³-hybridized carbons (Fsp3) is 0.481. The highest BCUT2D eigenvalue weighted by Gasteiger charge is 2.41. The molecular formula is C27H34O4S. The second-order valence-electron chi connectivity index (χ2n) is 9.17. The van der Waals surface area contributed by atoms with Gasteiger partial charge in [-0.2, -0.15) is 0 Å². The predicted molar refractivity (Wildman–Crippen MR) is 130 cm³/mol. The number of esters is 1. The molecule has 3 rings (SSSR count). The number of ketones is 1. The Bertz CT molecular complexity index is 951. The maximum absolute atomic E-state index is 13.8. The number of Topliss-reactive ketones (excluding diaryl/α,β-unsaturated/α-hetero) is 1. The lowest BCUT2D eigenvalue weighted by Crippen LogP contribution is -2.38. The Balaban J connectivity index is 1.87. The monoisotopic (exact) mass is 454 g/mol. The van der Waals surface area contributed by atoms with Crippen LogP contribution in [0.2, 0.25) is 0 Å². The van der Waals surface area contributed by atoms with Crippen molar-refractivity contribution in [3.8, 4) is 0 Å². The Morgan fingerprint density at radius 3 is 2.16 bits per heavy atom. The standard InChI is InChI=1S/C27H34O4S/c1-6-31-26(30)24(23-17(2)13-22(14-18(23)3)21-11-12-21)25(29)27(4,5)32-16-20-9-7-19(15-28)8-10-20/h7-10,13-14,21,24,28H,6,11-12,15-16H2,1-5H3. The second kappa shape index (κ2) is 10.2. The highest BCUT2D eigenvalue weighted by molar-refractivity contribution is 8.00. The fourth-order valence-electron chi connectivity index (χ4n) is 4.12. The number of benzene rings is 2. The molecule has 2 aromatic carbocycles. The van der Waals surface area contributed by atoms with E-state index in [4.69, 9.17) is 4.74 Å². The fourth-order valence-corrected chi connectivity index (χ4v) is 5.10. The van der Waals surface area contributed by atoms with Crippen molar-refractivity contribution in [3.63, 3.8) is 0 Å². The maximum Gasteiger partial charge on any atom is 0.321 e. The van der Waals surface area contributed by atoms with Crippen LogP contribution < -0.4 is 0 Å². The maximum atomic E-state index is 13.8. The highest BCUT2D eigenvalue weighted by atomic mass is 32.2. The van der Waals surface area contributed by atoms with Gasteiger partial charge in [-0.05, 0) is 86.8 Å². The van der Waals surface area contributed by atoms with Gasteiger partial charge in [0, 0.05) is 5.75 Å². The minimum absolute atomic E-state index is 0.0108. The number of carbonyl (C=O) groups excluding carboxylic acids is 2. The van der Waals surface area contributed by atoms with Gasteiger partial charge in [-0.3, -0.25) is 9.59 Å². The Morgan fingerprint density at radius 1 is 1.09 bits per heavy atom. The number of aliphatic hydroxyl groups excluding tert-OH is 1. The van der Waals surface area contributed by atoms with Crippen LogP contribution >= 0.6 is 11.8 Å². The highest BCUT2D eigenvalue weighted by Crippen LogP contribution is 2.43. The van der Waals surface area contributed by atoms with Crippen LogP contribution in [0.25, 0.3) is 0 Å². The summed E-state index contributed by atoms with van der Waals surface area (Å²) < 4.78 is 4.59. The lowest BCUT2D eigenvalue weighted by atomic mass is 9.82. The summed E-state index contributed by atoms with van der Waals surface area (Å²) in [7, 11) is 0. The van der Waals surface area contributed by atoms with E-state index in [1.165, 1.54) is 30.2 Å².